The Hall–Kier alpha value is -1.12. The topological polar surface area (TPSA) is 101 Å². The minimum Gasteiger partial charge on any atom is -0.398 e. The lowest BCUT2D eigenvalue weighted by Crippen LogP contribution is -2.21. The van der Waals surface area contributed by atoms with Crippen LogP contribution < -0.4 is 15.8 Å². The summed E-state index contributed by atoms with van der Waals surface area (Å²) in [6.07, 6.45) is 1.64. The van der Waals surface area contributed by atoms with E-state index in [0.717, 1.165) is 0 Å². The Morgan fingerprint density at radius 2 is 2.05 bits per heavy atom. The summed E-state index contributed by atoms with van der Waals surface area (Å²) in [4.78, 5) is 0.0488. The van der Waals surface area contributed by atoms with Gasteiger partial charge in [-0.1, -0.05) is 0 Å². The second-order valence-electron chi connectivity index (χ2n) is 4.15. The summed E-state index contributed by atoms with van der Waals surface area (Å²) in [6, 6.07) is 4.62. The van der Waals surface area contributed by atoms with E-state index in [1.165, 1.54) is 13.1 Å². The number of anilines is 2. The second-order valence-corrected chi connectivity index (χ2v) is 7.81. The van der Waals surface area contributed by atoms with Crippen LogP contribution in [0, 0.1) is 0 Å². The van der Waals surface area contributed by atoms with Crippen LogP contribution in [-0.4, -0.2) is 37.7 Å². The third kappa shape index (κ3) is 4.19. The van der Waals surface area contributed by atoms with Gasteiger partial charge in [0.25, 0.3) is 0 Å². The van der Waals surface area contributed by atoms with Crippen molar-refractivity contribution in [1.82, 2.24) is 4.72 Å². The zero-order valence-corrected chi connectivity index (χ0v) is 12.8. The molecule has 0 amide bonds. The van der Waals surface area contributed by atoms with E-state index >= 15 is 0 Å². The van der Waals surface area contributed by atoms with Gasteiger partial charge in [-0.25, -0.2) is 13.1 Å². The van der Waals surface area contributed by atoms with Gasteiger partial charge in [-0.3, -0.25) is 4.21 Å². The Morgan fingerprint density at radius 3 is 2.53 bits per heavy atom. The smallest absolute Gasteiger partial charge is 0.242 e. The largest absolute Gasteiger partial charge is 0.398 e. The minimum absolute atomic E-state index is 0.00180. The number of nitrogens with two attached hydrogens (primary N) is 1. The summed E-state index contributed by atoms with van der Waals surface area (Å²) < 4.78 is 36.7. The maximum Gasteiger partial charge on any atom is 0.242 e. The van der Waals surface area contributed by atoms with Gasteiger partial charge >= 0.3 is 0 Å². The van der Waals surface area contributed by atoms with Crippen LogP contribution >= 0.6 is 0 Å². The first kappa shape index (κ1) is 15.9. The van der Waals surface area contributed by atoms with Crippen molar-refractivity contribution in [3.63, 3.8) is 0 Å². The molecule has 0 aliphatic carbocycles. The summed E-state index contributed by atoms with van der Waals surface area (Å²) in [7, 11) is -3.12. The molecule has 4 N–H and O–H groups in total. The summed E-state index contributed by atoms with van der Waals surface area (Å²) in [5.74, 6) is 0. The first-order chi connectivity index (χ1) is 8.77. The molecule has 0 aliphatic heterocycles. The Bertz CT molecular complexity index is 573. The summed E-state index contributed by atoms with van der Waals surface area (Å²) in [6.45, 7) is 2.40. The van der Waals surface area contributed by atoms with Crippen LogP contribution in [0.1, 0.15) is 6.92 Å². The van der Waals surface area contributed by atoms with E-state index in [1.54, 1.807) is 18.4 Å². The molecule has 0 aliphatic rings. The standard InChI is InChI=1S/C11H19N3O3S2/c1-8(18(3)15)7-14-9-4-5-11(10(12)6-9)19(16,17)13-2/h4-6,8,13-14H,7,12H2,1-3H3. The average molecular weight is 305 g/mol. The fraction of sp³-hybridized carbons (Fsp3) is 0.455. The maximum atomic E-state index is 11.6. The predicted molar refractivity (Wildman–Crippen MR) is 79.1 cm³/mol. The van der Waals surface area contributed by atoms with Gasteiger partial charge in [0.2, 0.25) is 10.0 Å². The van der Waals surface area contributed by atoms with Crippen LogP contribution in [0.2, 0.25) is 0 Å². The van der Waals surface area contributed by atoms with E-state index in [4.69, 9.17) is 5.73 Å². The van der Waals surface area contributed by atoms with E-state index in [9.17, 15) is 12.6 Å². The molecule has 1 rings (SSSR count). The molecular weight excluding hydrogens is 286 g/mol. The van der Waals surface area contributed by atoms with E-state index in [1.807, 2.05) is 6.92 Å². The van der Waals surface area contributed by atoms with Gasteiger partial charge in [0.1, 0.15) is 4.90 Å². The highest BCUT2D eigenvalue weighted by molar-refractivity contribution is 7.89. The van der Waals surface area contributed by atoms with Gasteiger partial charge in [-0.05, 0) is 32.2 Å². The van der Waals surface area contributed by atoms with Gasteiger partial charge in [0.05, 0.1) is 5.69 Å². The van der Waals surface area contributed by atoms with Crippen LogP contribution in [0.4, 0.5) is 11.4 Å². The van der Waals surface area contributed by atoms with E-state index in [-0.39, 0.29) is 15.8 Å². The Balaban J connectivity index is 2.86. The van der Waals surface area contributed by atoms with Gasteiger partial charge in [0, 0.05) is 34.5 Å². The third-order valence-corrected chi connectivity index (χ3v) is 5.52. The molecule has 2 unspecified atom stereocenters. The zero-order valence-electron chi connectivity index (χ0n) is 11.1. The van der Waals surface area contributed by atoms with Gasteiger partial charge in [-0.2, -0.15) is 0 Å². The molecule has 8 heteroatoms. The molecule has 0 radical (unpaired) electrons. The highest BCUT2D eigenvalue weighted by Crippen LogP contribution is 2.22. The first-order valence-electron chi connectivity index (χ1n) is 5.67. The van der Waals surface area contributed by atoms with Crippen molar-refractivity contribution in [3.05, 3.63) is 18.2 Å². The fourth-order valence-electron chi connectivity index (χ4n) is 1.39. The van der Waals surface area contributed by atoms with Crippen LogP contribution in [0.3, 0.4) is 0 Å². The Labute approximate surface area is 116 Å². The van der Waals surface area contributed by atoms with E-state index in [2.05, 4.69) is 10.0 Å². The second kappa shape index (κ2) is 6.36. The number of hydrogen-bond acceptors (Lipinski definition) is 5. The molecule has 19 heavy (non-hydrogen) atoms. The lowest BCUT2D eigenvalue weighted by Gasteiger charge is -2.13. The molecule has 0 spiro atoms. The molecule has 6 nitrogen and oxygen atoms in total. The molecule has 0 saturated heterocycles. The average Bonchev–Trinajstić information content (AvgIpc) is 2.35. The molecule has 0 saturated carbocycles. The molecule has 0 fully saturated rings. The number of benzene rings is 1. The van der Waals surface area contributed by atoms with Crippen LogP contribution in [-0.2, 0) is 20.8 Å². The molecule has 0 heterocycles. The van der Waals surface area contributed by atoms with Crippen molar-refractivity contribution >= 4 is 32.2 Å². The quantitative estimate of drug-likeness (QED) is 0.659. The maximum absolute atomic E-state index is 11.6. The highest BCUT2D eigenvalue weighted by Gasteiger charge is 2.15. The molecule has 0 bridgehead atoms. The monoisotopic (exact) mass is 305 g/mol. The zero-order chi connectivity index (χ0) is 14.6. The summed E-state index contributed by atoms with van der Waals surface area (Å²) in [5, 5.41) is 3.08. The van der Waals surface area contributed by atoms with Gasteiger partial charge in [0.15, 0.2) is 0 Å². The number of rotatable bonds is 6. The van der Waals surface area contributed by atoms with Gasteiger partial charge < -0.3 is 11.1 Å². The van der Waals surface area contributed by atoms with Crippen LogP contribution in [0.5, 0.6) is 0 Å². The number of sulfonamides is 1. The molecule has 1 aromatic carbocycles. The van der Waals surface area contributed by atoms with Crippen molar-refractivity contribution in [2.24, 2.45) is 0 Å². The third-order valence-electron chi connectivity index (χ3n) is 2.73. The van der Waals surface area contributed by atoms with Crippen molar-refractivity contribution < 1.29 is 12.6 Å². The van der Waals surface area contributed by atoms with Crippen molar-refractivity contribution in [1.29, 1.82) is 0 Å². The molecule has 1 aromatic rings. The number of hydrogen-bond donors (Lipinski definition) is 3. The molecule has 2 atom stereocenters. The summed E-state index contributed by atoms with van der Waals surface area (Å²) >= 11 is 0. The van der Waals surface area contributed by atoms with Crippen LogP contribution in [0.25, 0.3) is 0 Å². The number of nitrogens with one attached hydrogen (secondary N) is 2. The van der Waals surface area contributed by atoms with Gasteiger partial charge in [-0.15, -0.1) is 0 Å². The molecular formula is C11H19N3O3S2. The van der Waals surface area contributed by atoms with Crippen molar-refractivity contribution in [2.45, 2.75) is 17.1 Å². The Morgan fingerprint density at radius 1 is 1.42 bits per heavy atom. The Kier molecular flexibility index (Phi) is 5.33. The lowest BCUT2D eigenvalue weighted by molar-refractivity contribution is 0.588. The lowest BCUT2D eigenvalue weighted by atomic mass is 10.3. The number of nitrogen functional groups attached to an aromatic ring is 1. The van der Waals surface area contributed by atoms with Crippen LogP contribution in [0.15, 0.2) is 23.1 Å². The van der Waals surface area contributed by atoms with Crippen molar-refractivity contribution in [3.8, 4) is 0 Å². The normalized spacial score (nSPS) is 14.9. The summed E-state index contributed by atoms with van der Waals surface area (Å²) in [5.41, 5.74) is 6.60. The highest BCUT2D eigenvalue weighted by atomic mass is 32.2. The predicted octanol–water partition coefficient (Wildman–Crippen LogP) is 0.356. The SMILES string of the molecule is CNS(=O)(=O)c1ccc(NCC(C)S(C)=O)cc1N. The van der Waals surface area contributed by atoms with E-state index in [0.29, 0.717) is 12.2 Å². The molecule has 108 valence electrons. The first-order valence-corrected chi connectivity index (χ1v) is 8.77. The molecule has 0 aromatic heterocycles. The minimum atomic E-state index is -3.54. The fourth-order valence-corrected chi connectivity index (χ4v) is 2.55. The van der Waals surface area contributed by atoms with Crippen molar-refractivity contribution in [2.75, 3.05) is 30.9 Å². The van der Waals surface area contributed by atoms with E-state index < -0.39 is 20.8 Å².